The molecule has 0 spiro atoms. The van der Waals surface area contributed by atoms with Crippen molar-refractivity contribution in [3.8, 4) is 0 Å². The van der Waals surface area contributed by atoms with Crippen LogP contribution in [0.2, 0.25) is 0 Å². The Labute approximate surface area is 134 Å². The van der Waals surface area contributed by atoms with Gasteiger partial charge in [-0.25, -0.2) is 0 Å². The maximum atomic E-state index is 6.06. The minimum atomic E-state index is 0.286. The van der Waals surface area contributed by atoms with E-state index in [0.717, 1.165) is 31.9 Å². The molecule has 0 aromatic heterocycles. The van der Waals surface area contributed by atoms with E-state index in [2.05, 4.69) is 29.4 Å². The van der Waals surface area contributed by atoms with Crippen LogP contribution in [-0.2, 0) is 4.74 Å². The molecule has 4 nitrogen and oxygen atoms in total. The average molecular weight is 303 g/mol. The predicted octanol–water partition coefficient (Wildman–Crippen LogP) is 3.71. The number of ether oxygens (including phenoxy) is 1. The average Bonchev–Trinajstić information content (AvgIpc) is 2.95. The van der Waals surface area contributed by atoms with Crippen molar-refractivity contribution in [1.82, 2.24) is 0 Å². The Morgan fingerprint density at radius 2 is 2.14 bits per heavy atom. The van der Waals surface area contributed by atoms with Crippen LogP contribution >= 0.6 is 0 Å². The summed E-state index contributed by atoms with van der Waals surface area (Å²) in [4.78, 5) is 4.61. The fourth-order valence-corrected chi connectivity index (χ4v) is 3.21. The molecule has 1 saturated carbocycles. The number of anilines is 1. The van der Waals surface area contributed by atoms with E-state index in [-0.39, 0.29) is 5.41 Å². The van der Waals surface area contributed by atoms with Crippen molar-refractivity contribution in [2.45, 2.75) is 46.0 Å². The Morgan fingerprint density at radius 3 is 2.82 bits per heavy atom. The third-order valence-electron chi connectivity index (χ3n) is 4.52. The van der Waals surface area contributed by atoms with E-state index in [0.29, 0.717) is 5.96 Å². The van der Waals surface area contributed by atoms with E-state index in [1.165, 1.54) is 31.2 Å². The van der Waals surface area contributed by atoms with Gasteiger partial charge in [-0.15, -0.1) is 0 Å². The molecule has 22 heavy (non-hydrogen) atoms. The highest BCUT2D eigenvalue weighted by Crippen LogP contribution is 2.41. The predicted molar refractivity (Wildman–Crippen MR) is 93.3 cm³/mol. The minimum Gasteiger partial charge on any atom is -0.382 e. The van der Waals surface area contributed by atoms with Crippen LogP contribution < -0.4 is 11.1 Å². The zero-order chi connectivity index (χ0) is 15.8. The topological polar surface area (TPSA) is 59.6 Å². The lowest BCUT2D eigenvalue weighted by Gasteiger charge is -2.27. The lowest BCUT2D eigenvalue weighted by Crippen LogP contribution is -2.28. The second kappa shape index (κ2) is 8.18. The molecule has 1 aliphatic carbocycles. The van der Waals surface area contributed by atoms with Crippen LogP contribution in [-0.4, -0.2) is 25.7 Å². The van der Waals surface area contributed by atoms with Crippen LogP contribution in [0.3, 0.4) is 0 Å². The summed E-state index contributed by atoms with van der Waals surface area (Å²) in [5, 5.41) is 3.19. The Morgan fingerprint density at radius 1 is 1.36 bits per heavy atom. The molecule has 4 heteroatoms. The molecule has 1 aromatic rings. The fourth-order valence-electron chi connectivity index (χ4n) is 3.21. The molecule has 0 bridgehead atoms. The summed E-state index contributed by atoms with van der Waals surface area (Å²) in [7, 11) is 0. The first-order valence-corrected chi connectivity index (χ1v) is 8.35. The monoisotopic (exact) mass is 303 g/mol. The highest BCUT2D eigenvalue weighted by Gasteiger charge is 2.33. The molecule has 0 aliphatic heterocycles. The molecule has 0 unspecified atom stereocenters. The zero-order valence-corrected chi connectivity index (χ0v) is 13.9. The number of nitrogens with two attached hydrogens (primary N) is 1. The van der Waals surface area contributed by atoms with Crippen molar-refractivity contribution in [3.05, 3.63) is 29.8 Å². The molecule has 1 aromatic carbocycles. The van der Waals surface area contributed by atoms with Gasteiger partial charge in [0.25, 0.3) is 0 Å². The normalized spacial score (nSPS) is 17.6. The first kappa shape index (κ1) is 16.8. The van der Waals surface area contributed by atoms with Crippen LogP contribution in [0.4, 0.5) is 5.69 Å². The summed E-state index contributed by atoms with van der Waals surface area (Å²) in [5.74, 6) is 0.508. The number of benzene rings is 1. The van der Waals surface area contributed by atoms with Crippen molar-refractivity contribution in [2.24, 2.45) is 16.1 Å². The van der Waals surface area contributed by atoms with Crippen LogP contribution in [0.25, 0.3) is 0 Å². The number of nitrogens with one attached hydrogen (secondary N) is 1. The second-order valence-electron chi connectivity index (χ2n) is 6.35. The van der Waals surface area contributed by atoms with E-state index in [9.17, 15) is 0 Å². The van der Waals surface area contributed by atoms with Gasteiger partial charge in [0, 0.05) is 25.4 Å². The molecule has 1 fully saturated rings. The molecule has 122 valence electrons. The van der Waals surface area contributed by atoms with Crippen molar-refractivity contribution in [1.29, 1.82) is 0 Å². The lowest BCUT2D eigenvalue weighted by molar-refractivity contribution is 0.107. The van der Waals surface area contributed by atoms with E-state index in [1.54, 1.807) is 0 Å². The molecule has 0 radical (unpaired) electrons. The highest BCUT2D eigenvalue weighted by molar-refractivity contribution is 5.92. The molecule has 0 atom stereocenters. The molecule has 0 amide bonds. The van der Waals surface area contributed by atoms with Gasteiger partial charge >= 0.3 is 0 Å². The van der Waals surface area contributed by atoms with Gasteiger partial charge in [-0.2, -0.15) is 0 Å². The van der Waals surface area contributed by atoms with Crippen molar-refractivity contribution >= 4 is 11.6 Å². The van der Waals surface area contributed by atoms with Gasteiger partial charge in [0.05, 0.1) is 0 Å². The van der Waals surface area contributed by atoms with Crippen LogP contribution in [0.5, 0.6) is 0 Å². The largest absolute Gasteiger partial charge is 0.382 e. The Hall–Kier alpha value is -1.55. The first-order chi connectivity index (χ1) is 10.6. The van der Waals surface area contributed by atoms with Gasteiger partial charge in [-0.1, -0.05) is 25.0 Å². The van der Waals surface area contributed by atoms with E-state index in [1.807, 2.05) is 19.1 Å². The number of guanidine groups is 1. The number of aryl methyl sites for hydroxylation is 1. The zero-order valence-electron chi connectivity index (χ0n) is 13.9. The van der Waals surface area contributed by atoms with Gasteiger partial charge in [0.15, 0.2) is 5.96 Å². The Kier molecular flexibility index (Phi) is 6.25. The number of aliphatic imine (C=N–C) groups is 1. The maximum absolute atomic E-state index is 6.06. The van der Waals surface area contributed by atoms with Crippen molar-refractivity contribution in [3.63, 3.8) is 0 Å². The second-order valence-corrected chi connectivity index (χ2v) is 6.35. The summed E-state index contributed by atoms with van der Waals surface area (Å²) in [6.07, 6.45) is 6.16. The summed E-state index contributed by atoms with van der Waals surface area (Å²) in [6.45, 7) is 6.53. The quantitative estimate of drug-likeness (QED) is 0.458. The van der Waals surface area contributed by atoms with Gasteiger partial charge < -0.3 is 15.8 Å². The highest BCUT2D eigenvalue weighted by atomic mass is 16.5. The van der Waals surface area contributed by atoms with Crippen LogP contribution in [0, 0.1) is 12.3 Å². The number of hydrogen-bond donors (Lipinski definition) is 2. The van der Waals surface area contributed by atoms with Crippen LogP contribution in [0.15, 0.2) is 29.3 Å². The number of rotatable bonds is 7. The van der Waals surface area contributed by atoms with Crippen molar-refractivity contribution in [2.75, 3.05) is 25.1 Å². The summed E-state index contributed by atoms with van der Waals surface area (Å²) in [5.41, 5.74) is 8.55. The van der Waals surface area contributed by atoms with E-state index < -0.39 is 0 Å². The third kappa shape index (κ3) is 5.02. The third-order valence-corrected chi connectivity index (χ3v) is 4.52. The van der Waals surface area contributed by atoms with Gasteiger partial charge in [-0.3, -0.25) is 4.99 Å². The van der Waals surface area contributed by atoms with E-state index >= 15 is 0 Å². The van der Waals surface area contributed by atoms with Gasteiger partial charge in [0.1, 0.15) is 0 Å². The SMILES string of the molecule is CCOCCC1(CN=C(N)Nc2cccc(C)c2)CCCC1. The fraction of sp³-hybridized carbons (Fsp3) is 0.611. The summed E-state index contributed by atoms with van der Waals surface area (Å²) >= 11 is 0. The van der Waals surface area contributed by atoms with Gasteiger partial charge in [0.2, 0.25) is 0 Å². The maximum Gasteiger partial charge on any atom is 0.193 e. The van der Waals surface area contributed by atoms with Gasteiger partial charge in [-0.05, 0) is 56.2 Å². The molecule has 3 N–H and O–H groups in total. The smallest absolute Gasteiger partial charge is 0.193 e. The number of nitrogens with zero attached hydrogens (tertiary/aromatic N) is 1. The first-order valence-electron chi connectivity index (χ1n) is 8.35. The Bertz CT molecular complexity index is 493. The van der Waals surface area contributed by atoms with Crippen LogP contribution in [0.1, 0.15) is 44.6 Å². The van der Waals surface area contributed by atoms with E-state index in [4.69, 9.17) is 10.5 Å². The Balaban J connectivity index is 1.92. The molecule has 1 aliphatic rings. The molecule has 0 heterocycles. The summed E-state index contributed by atoms with van der Waals surface area (Å²) < 4.78 is 5.54. The molecular formula is C18H29N3O. The molecule has 2 rings (SSSR count). The summed E-state index contributed by atoms with van der Waals surface area (Å²) in [6, 6.07) is 8.17. The lowest BCUT2D eigenvalue weighted by atomic mass is 9.83. The standard InChI is InChI=1S/C18H29N3O/c1-3-22-12-11-18(9-4-5-10-18)14-20-17(19)21-16-8-6-7-15(2)13-16/h6-8,13H,3-5,9-12,14H2,1-2H3,(H3,19,20,21). The number of hydrogen-bond acceptors (Lipinski definition) is 2. The molecule has 0 saturated heterocycles. The minimum absolute atomic E-state index is 0.286. The van der Waals surface area contributed by atoms with Crippen molar-refractivity contribution < 1.29 is 4.74 Å². The molecular weight excluding hydrogens is 274 g/mol.